The van der Waals surface area contributed by atoms with Crippen LogP contribution in [0.25, 0.3) is 11.1 Å². The van der Waals surface area contributed by atoms with Gasteiger partial charge < -0.3 is 14.1 Å². The number of hydrogen-bond acceptors (Lipinski definition) is 6. The molecule has 1 amide bonds. The van der Waals surface area contributed by atoms with Crippen LogP contribution in [0.1, 0.15) is 63.6 Å². The Bertz CT molecular complexity index is 904. The molecule has 2 rings (SSSR count). The van der Waals surface area contributed by atoms with Crippen molar-refractivity contribution in [2.45, 2.75) is 73.0 Å². The summed E-state index contributed by atoms with van der Waals surface area (Å²) in [7, 11) is 0. The summed E-state index contributed by atoms with van der Waals surface area (Å²) in [5.74, 6) is -0.532. The van der Waals surface area contributed by atoms with Crippen molar-refractivity contribution < 1.29 is 18.7 Å². The summed E-state index contributed by atoms with van der Waals surface area (Å²) in [5, 5.41) is 0.0462. The number of nitrogens with zero attached hydrogens (tertiary/aromatic N) is 3. The van der Waals surface area contributed by atoms with E-state index >= 15 is 0 Å². The monoisotopic (exact) mass is 391 g/mol. The van der Waals surface area contributed by atoms with E-state index in [1.54, 1.807) is 13.8 Å². The molecule has 0 aliphatic heterocycles. The van der Waals surface area contributed by atoms with Crippen molar-refractivity contribution in [3.05, 3.63) is 28.0 Å². The second kappa shape index (κ2) is 9.03. The lowest BCUT2D eigenvalue weighted by atomic mass is 10.1. The van der Waals surface area contributed by atoms with Gasteiger partial charge in [0.1, 0.15) is 29.6 Å². The lowest BCUT2D eigenvalue weighted by molar-refractivity contribution is -0.136. The van der Waals surface area contributed by atoms with E-state index < -0.39 is 11.5 Å². The van der Waals surface area contributed by atoms with Gasteiger partial charge in [-0.1, -0.05) is 13.8 Å². The highest BCUT2D eigenvalue weighted by molar-refractivity contribution is 6.03. The summed E-state index contributed by atoms with van der Waals surface area (Å²) < 4.78 is 11.7. The van der Waals surface area contributed by atoms with E-state index in [-0.39, 0.29) is 53.6 Å². The van der Waals surface area contributed by atoms with Crippen molar-refractivity contribution in [3.8, 4) is 0 Å². The zero-order valence-corrected chi connectivity index (χ0v) is 17.4. The molecule has 0 aliphatic rings. The van der Waals surface area contributed by atoms with Crippen molar-refractivity contribution in [1.29, 1.82) is 0 Å². The first-order valence-corrected chi connectivity index (χ1v) is 9.73. The minimum absolute atomic E-state index is 0.0462. The van der Waals surface area contributed by atoms with Crippen molar-refractivity contribution in [3.63, 3.8) is 0 Å². The van der Waals surface area contributed by atoms with E-state index in [0.717, 1.165) is 12.8 Å². The van der Waals surface area contributed by atoms with Gasteiger partial charge in [-0.3, -0.25) is 14.2 Å². The van der Waals surface area contributed by atoms with Crippen molar-refractivity contribution in [1.82, 2.24) is 14.5 Å². The Morgan fingerprint density at radius 2 is 1.82 bits per heavy atom. The number of ether oxygens (including phenoxy) is 1. The maximum atomic E-state index is 13.0. The van der Waals surface area contributed by atoms with Crippen LogP contribution in [0.4, 0.5) is 0 Å². The largest absolute Gasteiger partial charge is 0.462 e. The van der Waals surface area contributed by atoms with Crippen LogP contribution in [-0.2, 0) is 16.1 Å². The SMILES string of the molecule is CCOC(=O)c1c(C)oc2ncn(CC(=O)N([C@H](C)CC)[C@H](C)CC)c(=O)c12. The predicted molar refractivity (Wildman–Crippen MR) is 105 cm³/mol. The van der Waals surface area contributed by atoms with E-state index in [1.165, 1.54) is 10.9 Å². The van der Waals surface area contributed by atoms with Gasteiger partial charge in [-0.05, 0) is 40.5 Å². The molecule has 28 heavy (non-hydrogen) atoms. The van der Waals surface area contributed by atoms with Gasteiger partial charge in [0.2, 0.25) is 11.6 Å². The molecular formula is C20H29N3O5. The van der Waals surface area contributed by atoms with Gasteiger partial charge in [0, 0.05) is 12.1 Å². The molecule has 0 aliphatic carbocycles. The van der Waals surface area contributed by atoms with Crippen molar-refractivity contribution in [2.75, 3.05) is 6.61 Å². The molecule has 0 unspecified atom stereocenters. The summed E-state index contributed by atoms with van der Waals surface area (Å²) in [6, 6.07) is 0.113. The highest BCUT2D eigenvalue weighted by Crippen LogP contribution is 2.22. The zero-order chi connectivity index (χ0) is 21.0. The smallest absolute Gasteiger partial charge is 0.342 e. The minimum atomic E-state index is -0.637. The Morgan fingerprint density at radius 1 is 1.21 bits per heavy atom. The maximum absolute atomic E-state index is 13.0. The third kappa shape index (κ3) is 4.10. The zero-order valence-electron chi connectivity index (χ0n) is 17.4. The van der Waals surface area contributed by atoms with Crippen LogP contribution in [-0.4, -0.2) is 45.0 Å². The molecule has 0 fully saturated rings. The van der Waals surface area contributed by atoms with E-state index in [2.05, 4.69) is 4.98 Å². The van der Waals surface area contributed by atoms with Crippen molar-refractivity contribution in [2.24, 2.45) is 0 Å². The molecule has 2 aromatic heterocycles. The lowest BCUT2D eigenvalue weighted by Crippen LogP contribution is -2.46. The average Bonchev–Trinajstić information content (AvgIpc) is 3.00. The summed E-state index contributed by atoms with van der Waals surface area (Å²) >= 11 is 0. The number of aromatic nitrogens is 2. The summed E-state index contributed by atoms with van der Waals surface area (Å²) in [4.78, 5) is 44.1. The van der Waals surface area contributed by atoms with Gasteiger partial charge in [0.25, 0.3) is 5.56 Å². The highest BCUT2D eigenvalue weighted by Gasteiger charge is 2.27. The van der Waals surface area contributed by atoms with Gasteiger partial charge >= 0.3 is 5.97 Å². The molecular weight excluding hydrogens is 362 g/mol. The number of amides is 1. The Hall–Kier alpha value is -2.64. The van der Waals surface area contributed by atoms with Gasteiger partial charge in [-0.2, -0.15) is 0 Å². The molecule has 0 aromatic carbocycles. The first-order chi connectivity index (χ1) is 13.3. The molecule has 0 saturated carbocycles. The van der Waals surface area contributed by atoms with Crippen LogP contribution in [0.3, 0.4) is 0 Å². The molecule has 2 atom stereocenters. The van der Waals surface area contributed by atoms with Gasteiger partial charge in [-0.25, -0.2) is 9.78 Å². The number of hydrogen-bond donors (Lipinski definition) is 0. The normalized spacial score (nSPS) is 13.4. The molecule has 0 N–H and O–H groups in total. The Labute approximate surface area is 164 Å². The van der Waals surface area contributed by atoms with Crippen LogP contribution < -0.4 is 5.56 Å². The standard InChI is InChI=1S/C20H29N3O5/c1-7-12(4)23(13(5)8-2)15(24)10-22-11-21-18-17(19(22)25)16(14(6)28-18)20(26)27-9-3/h11-13H,7-10H2,1-6H3/t12-,13-/m1/s1. The highest BCUT2D eigenvalue weighted by atomic mass is 16.5. The number of fused-ring (bicyclic) bond motifs is 1. The van der Waals surface area contributed by atoms with E-state index in [0.29, 0.717) is 0 Å². The van der Waals surface area contributed by atoms with E-state index in [9.17, 15) is 14.4 Å². The van der Waals surface area contributed by atoms with Gasteiger partial charge in [-0.15, -0.1) is 0 Å². The molecule has 2 aromatic rings. The number of esters is 1. The molecule has 8 nitrogen and oxygen atoms in total. The maximum Gasteiger partial charge on any atom is 0.342 e. The number of aryl methyl sites for hydroxylation is 1. The van der Waals surface area contributed by atoms with Crippen LogP contribution in [0.2, 0.25) is 0 Å². The quantitative estimate of drug-likeness (QED) is 0.642. The third-order valence-electron chi connectivity index (χ3n) is 5.06. The fourth-order valence-electron chi connectivity index (χ4n) is 3.25. The van der Waals surface area contributed by atoms with E-state index in [1.807, 2.05) is 32.6 Å². The van der Waals surface area contributed by atoms with Crippen LogP contribution in [0.15, 0.2) is 15.5 Å². The third-order valence-corrected chi connectivity index (χ3v) is 5.06. The van der Waals surface area contributed by atoms with Gasteiger partial charge in [0.05, 0.1) is 6.61 Å². The molecule has 2 heterocycles. The van der Waals surface area contributed by atoms with Crippen LogP contribution in [0, 0.1) is 6.92 Å². The van der Waals surface area contributed by atoms with Crippen LogP contribution >= 0.6 is 0 Å². The average molecular weight is 391 g/mol. The molecule has 154 valence electrons. The Morgan fingerprint density at radius 3 is 2.36 bits per heavy atom. The summed E-state index contributed by atoms with van der Waals surface area (Å²) in [5.41, 5.74) is -0.363. The number of carbonyl (C=O) groups excluding carboxylic acids is 2. The fraction of sp³-hybridized carbons (Fsp3) is 0.600. The molecule has 0 saturated heterocycles. The Balaban J connectivity index is 2.46. The molecule has 0 spiro atoms. The first-order valence-electron chi connectivity index (χ1n) is 9.73. The minimum Gasteiger partial charge on any atom is -0.462 e. The topological polar surface area (TPSA) is 94.6 Å². The number of rotatable bonds is 8. The summed E-state index contributed by atoms with van der Waals surface area (Å²) in [6.45, 7) is 11.3. The Kier molecular flexibility index (Phi) is 6.99. The molecule has 0 radical (unpaired) electrons. The predicted octanol–water partition coefficient (Wildman–Crippen LogP) is 2.90. The number of furan rings is 1. The lowest BCUT2D eigenvalue weighted by Gasteiger charge is -2.34. The molecule has 8 heteroatoms. The fourth-order valence-corrected chi connectivity index (χ4v) is 3.25. The van der Waals surface area contributed by atoms with E-state index in [4.69, 9.17) is 9.15 Å². The second-order valence-electron chi connectivity index (χ2n) is 6.93. The number of carbonyl (C=O) groups is 2. The molecule has 0 bridgehead atoms. The first kappa shape index (κ1) is 21.7. The van der Waals surface area contributed by atoms with Gasteiger partial charge in [0.15, 0.2) is 0 Å². The van der Waals surface area contributed by atoms with Crippen molar-refractivity contribution >= 4 is 23.0 Å². The second-order valence-corrected chi connectivity index (χ2v) is 6.93. The summed E-state index contributed by atoms with van der Waals surface area (Å²) in [6.07, 6.45) is 2.91. The van der Waals surface area contributed by atoms with Crippen LogP contribution in [0.5, 0.6) is 0 Å².